The molecule has 0 saturated carbocycles. The third-order valence-corrected chi connectivity index (χ3v) is 3.52. The number of hydrogen-bond donors (Lipinski definition) is 0. The van der Waals surface area contributed by atoms with E-state index in [0.717, 1.165) is 0 Å². The lowest BCUT2D eigenvalue weighted by Gasteiger charge is -2.41. The van der Waals surface area contributed by atoms with Crippen molar-refractivity contribution < 1.29 is 57.8 Å². The monoisotopic (exact) mass is 396 g/mol. The van der Waals surface area contributed by atoms with Gasteiger partial charge in [0.15, 0.2) is 11.3 Å². The van der Waals surface area contributed by atoms with Gasteiger partial charge >= 0.3 is 24.5 Å². The molecular weight excluding hydrogens is 385 g/mol. The van der Waals surface area contributed by atoms with Crippen molar-refractivity contribution in [1.82, 2.24) is 0 Å². The Morgan fingerprint density at radius 3 is 1.56 bits per heavy atom. The molecule has 1 fully saturated rings. The molecule has 1 rings (SSSR count). The van der Waals surface area contributed by atoms with Crippen molar-refractivity contribution >= 4 is 0 Å². The Morgan fingerprint density at radius 2 is 1.32 bits per heavy atom. The van der Waals surface area contributed by atoms with Gasteiger partial charge in [0.2, 0.25) is 0 Å². The predicted molar refractivity (Wildman–Crippen MR) is 59.6 cm³/mol. The van der Waals surface area contributed by atoms with Crippen LogP contribution in [-0.4, -0.2) is 44.3 Å². The molecule has 148 valence electrons. The van der Waals surface area contributed by atoms with E-state index in [0.29, 0.717) is 0 Å². The summed E-state index contributed by atoms with van der Waals surface area (Å²) in [5.74, 6) is -10.0. The average Bonchev–Trinajstić information content (AvgIpc) is 2.31. The molecule has 13 heteroatoms. The maximum atomic E-state index is 13.4. The van der Waals surface area contributed by atoms with Gasteiger partial charge in [-0.25, -0.2) is 0 Å². The van der Waals surface area contributed by atoms with Crippen LogP contribution in [0.2, 0.25) is 0 Å². The summed E-state index contributed by atoms with van der Waals surface area (Å²) in [6.07, 6.45) is -19.8. The summed E-state index contributed by atoms with van der Waals surface area (Å²) >= 11 is 0. The van der Waals surface area contributed by atoms with E-state index in [2.05, 4.69) is 9.47 Å². The fourth-order valence-electron chi connectivity index (χ4n) is 1.87. The summed E-state index contributed by atoms with van der Waals surface area (Å²) in [6.45, 7) is -0.352. The molecule has 0 aromatic rings. The summed E-state index contributed by atoms with van der Waals surface area (Å²) in [4.78, 5) is 0. The van der Waals surface area contributed by atoms with E-state index in [-0.39, 0.29) is 19.6 Å². The van der Waals surface area contributed by atoms with E-state index >= 15 is 0 Å². The second-order valence-electron chi connectivity index (χ2n) is 5.41. The van der Waals surface area contributed by atoms with Gasteiger partial charge in [0.25, 0.3) is 0 Å². The zero-order valence-electron chi connectivity index (χ0n) is 12.3. The van der Waals surface area contributed by atoms with E-state index in [1.165, 1.54) is 6.92 Å². The summed E-state index contributed by atoms with van der Waals surface area (Å²) in [5, 5.41) is 0. The normalized spacial score (nSPS) is 18.6. The predicted octanol–water partition coefficient (Wildman–Crippen LogP) is 5.01. The SMILES string of the molecule is CCC1(COC(=C(C(F)(F)F)C(F)(F)F)C(F)(F)C(F)(F)F)COC1. The molecule has 25 heavy (non-hydrogen) atoms. The lowest BCUT2D eigenvalue weighted by atomic mass is 9.84. The largest absolute Gasteiger partial charge is 0.490 e. The van der Waals surface area contributed by atoms with Crippen LogP contribution in [0.4, 0.5) is 48.3 Å². The maximum Gasteiger partial charge on any atom is 0.461 e. The number of alkyl halides is 11. The van der Waals surface area contributed by atoms with Crippen LogP contribution in [0.25, 0.3) is 0 Å². The first-order valence-electron chi connectivity index (χ1n) is 6.52. The van der Waals surface area contributed by atoms with Crippen LogP contribution in [0.1, 0.15) is 13.3 Å². The fourth-order valence-corrected chi connectivity index (χ4v) is 1.87. The second-order valence-corrected chi connectivity index (χ2v) is 5.41. The van der Waals surface area contributed by atoms with Gasteiger partial charge in [0.05, 0.1) is 25.2 Å². The molecule has 0 spiro atoms. The topological polar surface area (TPSA) is 18.5 Å². The van der Waals surface area contributed by atoms with Gasteiger partial charge in [-0.05, 0) is 6.42 Å². The maximum absolute atomic E-state index is 13.4. The van der Waals surface area contributed by atoms with E-state index in [4.69, 9.17) is 0 Å². The molecule has 0 aliphatic carbocycles. The highest BCUT2D eigenvalue weighted by molar-refractivity contribution is 5.26. The molecule has 0 N–H and O–H groups in total. The summed E-state index contributed by atoms with van der Waals surface area (Å²) < 4.78 is 148. The highest BCUT2D eigenvalue weighted by Crippen LogP contribution is 2.50. The van der Waals surface area contributed by atoms with Crippen molar-refractivity contribution in [3.05, 3.63) is 11.3 Å². The average molecular weight is 396 g/mol. The number of ether oxygens (including phenoxy) is 2. The minimum absolute atomic E-state index is 0.0191. The molecule has 0 amide bonds. The van der Waals surface area contributed by atoms with Crippen molar-refractivity contribution in [1.29, 1.82) is 0 Å². The van der Waals surface area contributed by atoms with Gasteiger partial charge in [-0.3, -0.25) is 0 Å². The molecule has 0 bridgehead atoms. The number of hydrogen-bond acceptors (Lipinski definition) is 2. The van der Waals surface area contributed by atoms with E-state index < -0.39 is 47.8 Å². The van der Waals surface area contributed by atoms with Crippen molar-refractivity contribution in [2.45, 2.75) is 37.8 Å². The fraction of sp³-hybridized carbons (Fsp3) is 0.833. The van der Waals surface area contributed by atoms with Crippen molar-refractivity contribution in [2.75, 3.05) is 19.8 Å². The lowest BCUT2D eigenvalue weighted by molar-refractivity contribution is -0.285. The van der Waals surface area contributed by atoms with E-state index in [9.17, 15) is 48.3 Å². The second kappa shape index (κ2) is 6.47. The first-order valence-corrected chi connectivity index (χ1v) is 6.52. The zero-order chi connectivity index (χ0) is 19.9. The zero-order valence-corrected chi connectivity index (χ0v) is 12.3. The molecule has 0 unspecified atom stereocenters. The van der Waals surface area contributed by atoms with Crippen molar-refractivity contribution in [3.63, 3.8) is 0 Å². The van der Waals surface area contributed by atoms with Crippen molar-refractivity contribution in [2.24, 2.45) is 5.41 Å². The smallest absolute Gasteiger partial charge is 0.461 e. The third-order valence-electron chi connectivity index (χ3n) is 3.52. The summed E-state index contributed by atoms with van der Waals surface area (Å²) in [7, 11) is 0. The van der Waals surface area contributed by atoms with Crippen LogP contribution in [0.15, 0.2) is 11.3 Å². The Hall–Kier alpha value is -1.27. The van der Waals surface area contributed by atoms with Gasteiger partial charge in [-0.2, -0.15) is 48.3 Å². The first kappa shape index (κ1) is 21.8. The minimum Gasteiger partial charge on any atom is -0.490 e. The molecule has 0 radical (unpaired) electrons. The Kier molecular flexibility index (Phi) is 5.63. The molecule has 2 nitrogen and oxygen atoms in total. The Bertz CT molecular complexity index is 487. The number of rotatable bonds is 5. The molecule has 1 aliphatic heterocycles. The Morgan fingerprint density at radius 1 is 0.880 bits per heavy atom. The van der Waals surface area contributed by atoms with E-state index in [1.807, 2.05) is 0 Å². The van der Waals surface area contributed by atoms with Crippen LogP contribution in [0.3, 0.4) is 0 Å². The Labute approximate surface area is 133 Å². The highest BCUT2D eigenvalue weighted by Gasteiger charge is 2.68. The standard InChI is InChI=1S/C12H11F11O2/c1-2-8(3-24-4-8)5-25-7(9(13,14)12(21,22)23)6(10(15,16)17)11(18,19)20/h2-5H2,1H3. The van der Waals surface area contributed by atoms with Crippen LogP contribution in [0.5, 0.6) is 0 Å². The molecule has 1 heterocycles. The Balaban J connectivity index is 3.48. The number of halogens is 11. The van der Waals surface area contributed by atoms with Crippen LogP contribution >= 0.6 is 0 Å². The first-order chi connectivity index (χ1) is 11.0. The van der Waals surface area contributed by atoms with Crippen LogP contribution < -0.4 is 0 Å². The third kappa shape index (κ3) is 4.47. The quantitative estimate of drug-likeness (QED) is 0.481. The van der Waals surface area contributed by atoms with E-state index in [1.54, 1.807) is 0 Å². The lowest BCUT2D eigenvalue weighted by Crippen LogP contribution is -2.48. The van der Waals surface area contributed by atoms with Crippen LogP contribution in [0, 0.1) is 5.41 Å². The molecule has 0 aromatic carbocycles. The van der Waals surface area contributed by atoms with Gasteiger partial charge in [0, 0.05) is 0 Å². The highest BCUT2D eigenvalue weighted by atomic mass is 19.4. The summed E-state index contributed by atoms with van der Waals surface area (Å²) in [6, 6.07) is 0. The van der Waals surface area contributed by atoms with Crippen LogP contribution in [-0.2, 0) is 9.47 Å². The summed E-state index contributed by atoms with van der Waals surface area (Å²) in [5.41, 5.74) is -5.27. The van der Waals surface area contributed by atoms with Gasteiger partial charge < -0.3 is 9.47 Å². The molecule has 1 aliphatic rings. The minimum atomic E-state index is -6.72. The number of allylic oxidation sites excluding steroid dienone is 2. The molecular formula is C12H11F11O2. The molecule has 1 saturated heterocycles. The van der Waals surface area contributed by atoms with Crippen molar-refractivity contribution in [3.8, 4) is 0 Å². The van der Waals surface area contributed by atoms with Gasteiger partial charge in [-0.1, -0.05) is 6.92 Å². The van der Waals surface area contributed by atoms with Gasteiger partial charge in [0.1, 0.15) is 0 Å². The molecule has 0 aromatic heterocycles. The molecule has 0 atom stereocenters. The van der Waals surface area contributed by atoms with Gasteiger partial charge in [-0.15, -0.1) is 0 Å².